The van der Waals surface area contributed by atoms with E-state index >= 15 is 0 Å². The predicted molar refractivity (Wildman–Crippen MR) is 163 cm³/mol. The van der Waals surface area contributed by atoms with E-state index in [1.807, 2.05) is 37.3 Å². The number of benzene rings is 3. The lowest BCUT2D eigenvalue weighted by molar-refractivity contribution is -0.125. The summed E-state index contributed by atoms with van der Waals surface area (Å²) in [4.78, 5) is 27.7. The molecule has 0 bridgehead atoms. The molecule has 2 N–H and O–H groups in total. The Balaban J connectivity index is 1.33. The Kier molecular flexibility index (Phi) is 9.62. The van der Waals surface area contributed by atoms with Gasteiger partial charge >= 0.3 is 0 Å². The van der Waals surface area contributed by atoms with Gasteiger partial charge in [-0.2, -0.15) is 9.78 Å². The number of aromatic nitrogens is 2. The number of rotatable bonds is 10. The van der Waals surface area contributed by atoms with Gasteiger partial charge in [-0.25, -0.2) is 4.39 Å². The monoisotopic (exact) mass is 606 g/mol. The smallest absolute Gasteiger partial charge is 0.274 e. The van der Waals surface area contributed by atoms with Gasteiger partial charge in [-0.1, -0.05) is 41.6 Å². The van der Waals surface area contributed by atoms with Gasteiger partial charge in [0.2, 0.25) is 5.91 Å². The molecule has 0 radical (unpaired) electrons. The first-order valence-corrected chi connectivity index (χ1v) is 15.0. The van der Waals surface area contributed by atoms with Crippen molar-refractivity contribution >= 4 is 29.3 Å². The molecule has 1 aliphatic rings. The number of amides is 1. The molecular weight excluding hydrogens is 575 g/mol. The highest BCUT2D eigenvalue weighted by molar-refractivity contribution is 7.99. The molecule has 1 aliphatic heterocycles. The van der Waals surface area contributed by atoms with E-state index in [1.54, 1.807) is 49.6 Å². The highest BCUT2D eigenvalue weighted by Gasteiger charge is 2.35. The van der Waals surface area contributed by atoms with E-state index in [1.165, 1.54) is 22.5 Å². The van der Waals surface area contributed by atoms with Gasteiger partial charge in [0, 0.05) is 40.5 Å². The summed E-state index contributed by atoms with van der Waals surface area (Å²) in [6.07, 6.45) is 0.982. The molecule has 1 aromatic heterocycles. The van der Waals surface area contributed by atoms with Crippen LogP contribution in [0.2, 0.25) is 5.02 Å². The van der Waals surface area contributed by atoms with Crippen LogP contribution in [0.1, 0.15) is 30.4 Å². The molecule has 1 saturated heterocycles. The number of aryl methyl sites for hydroxylation is 1. The molecular formula is C32H32ClFN4O3S. The maximum Gasteiger partial charge on any atom is 0.274 e. The van der Waals surface area contributed by atoms with Crippen molar-refractivity contribution in [2.45, 2.75) is 41.6 Å². The summed E-state index contributed by atoms with van der Waals surface area (Å²) in [6.45, 7) is 2.95. The molecule has 4 aromatic rings. The molecule has 0 saturated carbocycles. The summed E-state index contributed by atoms with van der Waals surface area (Å²) in [5, 5.41) is 12.3. The largest absolute Gasteiger partial charge is 0.497 e. The number of hydrogen-bond donors (Lipinski definition) is 2. The molecule has 5 rings (SSSR count). The van der Waals surface area contributed by atoms with Crippen LogP contribution in [0.3, 0.4) is 0 Å². The summed E-state index contributed by atoms with van der Waals surface area (Å²) >= 11 is 7.49. The summed E-state index contributed by atoms with van der Waals surface area (Å²) in [6, 6.07) is 22.8. The number of methoxy groups -OCH3 is 1. The molecule has 0 unspecified atom stereocenters. The van der Waals surface area contributed by atoms with Gasteiger partial charge in [-0.15, -0.1) is 0 Å². The van der Waals surface area contributed by atoms with Gasteiger partial charge in [0.1, 0.15) is 16.6 Å². The van der Waals surface area contributed by atoms with Crippen LogP contribution in [-0.2, 0) is 11.2 Å². The quantitative estimate of drug-likeness (QED) is 0.244. The van der Waals surface area contributed by atoms with Crippen molar-refractivity contribution in [2.75, 3.05) is 20.2 Å². The van der Waals surface area contributed by atoms with Crippen LogP contribution in [0.25, 0.3) is 5.69 Å². The van der Waals surface area contributed by atoms with Crippen molar-refractivity contribution in [3.8, 4) is 11.4 Å². The highest BCUT2D eigenvalue weighted by atomic mass is 35.5. The number of carbonyl (C=O) groups excluding carboxylic acids is 1. The second kappa shape index (κ2) is 13.5. The summed E-state index contributed by atoms with van der Waals surface area (Å²) in [5.74, 6) is -0.346. The number of nitrogens with zero attached hydrogens (tertiary/aromatic N) is 2. The third-order valence-corrected chi connectivity index (χ3v) is 8.58. The molecule has 3 atom stereocenters. The number of carbonyl (C=O) groups is 1. The van der Waals surface area contributed by atoms with Crippen LogP contribution in [-0.4, -0.2) is 41.9 Å². The van der Waals surface area contributed by atoms with Crippen LogP contribution in [0, 0.1) is 11.7 Å². The first kappa shape index (κ1) is 29.8. The average Bonchev–Trinajstić information content (AvgIpc) is 3.49. The Hall–Kier alpha value is -3.66. The maximum atomic E-state index is 14.5. The van der Waals surface area contributed by atoms with Crippen molar-refractivity contribution in [1.29, 1.82) is 0 Å². The number of hydrogen-bond acceptors (Lipinski definition) is 6. The van der Waals surface area contributed by atoms with Crippen LogP contribution >= 0.6 is 23.4 Å². The van der Waals surface area contributed by atoms with Crippen molar-refractivity contribution < 1.29 is 13.9 Å². The van der Waals surface area contributed by atoms with E-state index < -0.39 is 0 Å². The van der Waals surface area contributed by atoms with Crippen LogP contribution in [0.15, 0.2) is 93.6 Å². The lowest BCUT2D eigenvalue weighted by atomic mass is 9.87. The molecule has 42 heavy (non-hydrogen) atoms. The predicted octanol–water partition coefficient (Wildman–Crippen LogP) is 5.63. The van der Waals surface area contributed by atoms with Crippen LogP contribution < -0.4 is 20.9 Å². The molecule has 218 valence electrons. The first-order valence-electron chi connectivity index (χ1n) is 13.8. The molecule has 10 heteroatoms. The standard InChI is InChI=1S/C32H32ClFN4O3S/c1-20(36-31(39)28-19-35-18-27(28)26-5-3-4-6-29(26)34)7-8-21-17-30(42-25-15-9-22(33)10-16-25)37-38(32(21)40)23-11-13-24(41-2)14-12-23/h3-6,9-17,20,27-28,35H,7-8,18-19H2,1-2H3,(H,36,39)/t20-,27-,28+/m1/s1. The van der Waals surface area contributed by atoms with Gasteiger partial charge in [0.05, 0.1) is 18.7 Å². The Morgan fingerprint density at radius 2 is 1.88 bits per heavy atom. The van der Waals surface area contributed by atoms with Crippen LogP contribution in [0.5, 0.6) is 5.75 Å². The molecule has 3 aromatic carbocycles. The minimum Gasteiger partial charge on any atom is -0.497 e. The molecule has 1 fully saturated rings. The SMILES string of the molecule is COc1ccc(-n2nc(Sc3ccc(Cl)cc3)cc(CC[C@@H](C)NC(=O)[C@H]3CNC[C@@H]3c3ccccc3F)c2=O)cc1. The summed E-state index contributed by atoms with van der Waals surface area (Å²) < 4.78 is 21.1. The highest BCUT2D eigenvalue weighted by Crippen LogP contribution is 2.31. The van der Waals surface area contributed by atoms with Crippen molar-refractivity contribution in [1.82, 2.24) is 20.4 Å². The molecule has 1 amide bonds. The number of halogens is 2. The molecule has 0 aliphatic carbocycles. The van der Waals surface area contributed by atoms with Crippen molar-refractivity contribution in [3.63, 3.8) is 0 Å². The third-order valence-electron chi connectivity index (χ3n) is 7.41. The maximum absolute atomic E-state index is 14.5. The van der Waals surface area contributed by atoms with Gasteiger partial charge in [0.15, 0.2) is 0 Å². The van der Waals surface area contributed by atoms with E-state index in [0.717, 1.165) is 4.90 Å². The fraction of sp³-hybridized carbons (Fsp3) is 0.281. The Bertz CT molecular complexity index is 1600. The Morgan fingerprint density at radius 1 is 1.14 bits per heavy atom. The molecule has 7 nitrogen and oxygen atoms in total. The average molecular weight is 607 g/mol. The van der Waals surface area contributed by atoms with E-state index in [0.29, 0.717) is 58.5 Å². The second-order valence-electron chi connectivity index (χ2n) is 10.3. The third kappa shape index (κ3) is 7.03. The van der Waals surface area contributed by atoms with Gasteiger partial charge in [-0.3, -0.25) is 9.59 Å². The van der Waals surface area contributed by atoms with E-state index in [4.69, 9.17) is 16.3 Å². The normalized spacial score (nSPS) is 17.1. The Labute approximate surface area is 253 Å². The number of ether oxygens (including phenoxy) is 1. The number of nitrogens with one attached hydrogen (secondary N) is 2. The Morgan fingerprint density at radius 3 is 2.60 bits per heavy atom. The summed E-state index contributed by atoms with van der Waals surface area (Å²) in [7, 11) is 1.59. The van der Waals surface area contributed by atoms with E-state index in [2.05, 4.69) is 15.7 Å². The summed E-state index contributed by atoms with van der Waals surface area (Å²) in [5.41, 5.74) is 1.54. The van der Waals surface area contributed by atoms with Gasteiger partial charge < -0.3 is 15.4 Å². The van der Waals surface area contributed by atoms with E-state index in [-0.39, 0.29) is 35.2 Å². The minimum absolute atomic E-state index is 0.120. The zero-order chi connectivity index (χ0) is 29.6. The lowest BCUT2D eigenvalue weighted by Gasteiger charge is -2.22. The molecule has 2 heterocycles. The van der Waals surface area contributed by atoms with Gasteiger partial charge in [-0.05, 0) is 86.0 Å². The fourth-order valence-corrected chi connectivity index (χ4v) is 6.08. The van der Waals surface area contributed by atoms with Crippen molar-refractivity contribution in [3.05, 3.63) is 111 Å². The van der Waals surface area contributed by atoms with E-state index in [9.17, 15) is 14.0 Å². The zero-order valence-electron chi connectivity index (χ0n) is 23.3. The molecule has 0 spiro atoms. The topological polar surface area (TPSA) is 85.2 Å². The fourth-order valence-electron chi connectivity index (χ4n) is 5.12. The first-order chi connectivity index (χ1) is 20.3. The minimum atomic E-state index is -0.375. The van der Waals surface area contributed by atoms with Gasteiger partial charge in [0.25, 0.3) is 5.56 Å². The van der Waals surface area contributed by atoms with Crippen LogP contribution in [0.4, 0.5) is 4.39 Å². The second-order valence-corrected chi connectivity index (χ2v) is 11.9. The zero-order valence-corrected chi connectivity index (χ0v) is 24.9. The van der Waals surface area contributed by atoms with Crippen molar-refractivity contribution in [2.24, 2.45) is 5.92 Å². The lowest BCUT2D eigenvalue weighted by Crippen LogP contribution is -2.40.